The summed E-state index contributed by atoms with van der Waals surface area (Å²) in [5.41, 5.74) is 2.59. The number of nitrogens with zero attached hydrogens (tertiary/aromatic N) is 4. The standard InChI is InChI=1S/C17H16BrCl2N5O/c1-3-25-8-11(18)16(23-25)9-24(2)17(26)15-7-14(21-22-15)10-4-5-12(19)13(20)6-10/h4-8H,3,9H2,1-2H3,(H,21,22). The molecule has 9 heteroatoms. The van der Waals surface area contributed by atoms with E-state index in [0.717, 1.165) is 22.3 Å². The van der Waals surface area contributed by atoms with Crippen LogP contribution in [0.5, 0.6) is 0 Å². The Balaban J connectivity index is 1.76. The number of hydrogen-bond donors (Lipinski definition) is 1. The minimum Gasteiger partial charge on any atom is -0.334 e. The number of carbonyl (C=O) groups is 1. The first-order valence-corrected chi connectivity index (χ1v) is 9.42. The van der Waals surface area contributed by atoms with E-state index in [2.05, 4.69) is 31.2 Å². The van der Waals surface area contributed by atoms with Crippen molar-refractivity contribution in [1.29, 1.82) is 0 Å². The highest BCUT2D eigenvalue weighted by Crippen LogP contribution is 2.28. The number of carbonyl (C=O) groups excluding carboxylic acids is 1. The molecule has 0 saturated carbocycles. The summed E-state index contributed by atoms with van der Waals surface area (Å²) < 4.78 is 2.69. The van der Waals surface area contributed by atoms with E-state index in [-0.39, 0.29) is 5.91 Å². The molecule has 1 aromatic carbocycles. The lowest BCUT2D eigenvalue weighted by atomic mass is 10.1. The highest BCUT2D eigenvalue weighted by molar-refractivity contribution is 9.10. The summed E-state index contributed by atoms with van der Waals surface area (Å²) in [4.78, 5) is 14.2. The van der Waals surface area contributed by atoms with Crippen LogP contribution in [0, 0.1) is 0 Å². The molecule has 0 bridgehead atoms. The first-order valence-electron chi connectivity index (χ1n) is 7.87. The quantitative estimate of drug-likeness (QED) is 0.608. The number of aromatic amines is 1. The highest BCUT2D eigenvalue weighted by atomic mass is 79.9. The molecule has 1 amide bonds. The van der Waals surface area contributed by atoms with E-state index in [1.54, 1.807) is 36.2 Å². The van der Waals surface area contributed by atoms with Gasteiger partial charge in [0, 0.05) is 25.4 Å². The van der Waals surface area contributed by atoms with Gasteiger partial charge in [0.05, 0.1) is 32.5 Å². The van der Waals surface area contributed by atoms with Crippen LogP contribution >= 0.6 is 39.1 Å². The van der Waals surface area contributed by atoms with Crippen LogP contribution in [0.15, 0.2) is 34.9 Å². The van der Waals surface area contributed by atoms with E-state index in [9.17, 15) is 4.79 Å². The topological polar surface area (TPSA) is 66.8 Å². The molecule has 3 aromatic rings. The number of nitrogens with one attached hydrogen (secondary N) is 1. The van der Waals surface area contributed by atoms with Crippen molar-refractivity contribution in [2.75, 3.05) is 7.05 Å². The molecule has 0 saturated heterocycles. The van der Waals surface area contributed by atoms with E-state index >= 15 is 0 Å². The smallest absolute Gasteiger partial charge is 0.271 e. The van der Waals surface area contributed by atoms with Crippen molar-refractivity contribution in [2.45, 2.75) is 20.0 Å². The van der Waals surface area contributed by atoms with Gasteiger partial charge in [-0.1, -0.05) is 29.3 Å². The molecular formula is C17H16BrCl2N5O. The number of H-pyrrole nitrogens is 1. The molecule has 0 atom stereocenters. The largest absolute Gasteiger partial charge is 0.334 e. The van der Waals surface area contributed by atoms with Gasteiger partial charge in [-0.05, 0) is 41.1 Å². The first-order chi connectivity index (χ1) is 12.4. The van der Waals surface area contributed by atoms with Gasteiger partial charge < -0.3 is 4.90 Å². The van der Waals surface area contributed by atoms with E-state index in [0.29, 0.717) is 28.0 Å². The summed E-state index contributed by atoms with van der Waals surface area (Å²) >= 11 is 15.5. The third kappa shape index (κ3) is 3.95. The van der Waals surface area contributed by atoms with Crippen molar-refractivity contribution in [2.24, 2.45) is 0 Å². The van der Waals surface area contributed by atoms with E-state index in [1.807, 2.05) is 17.8 Å². The number of rotatable bonds is 5. The molecule has 0 aliphatic heterocycles. The molecule has 1 N–H and O–H groups in total. The maximum Gasteiger partial charge on any atom is 0.271 e. The zero-order chi connectivity index (χ0) is 18.8. The van der Waals surface area contributed by atoms with E-state index in [1.165, 1.54) is 0 Å². The third-order valence-corrected chi connectivity index (χ3v) is 5.27. The van der Waals surface area contributed by atoms with E-state index in [4.69, 9.17) is 23.2 Å². The maximum absolute atomic E-state index is 12.7. The molecule has 0 radical (unpaired) electrons. The number of hydrogen-bond acceptors (Lipinski definition) is 3. The lowest BCUT2D eigenvalue weighted by Crippen LogP contribution is -2.27. The lowest BCUT2D eigenvalue weighted by Gasteiger charge is -2.14. The molecular weight excluding hydrogens is 441 g/mol. The van der Waals surface area contributed by atoms with Gasteiger partial charge in [0.25, 0.3) is 5.91 Å². The lowest BCUT2D eigenvalue weighted by molar-refractivity contribution is 0.0777. The van der Waals surface area contributed by atoms with Crippen molar-refractivity contribution in [3.8, 4) is 11.3 Å². The summed E-state index contributed by atoms with van der Waals surface area (Å²) in [6, 6.07) is 6.91. The van der Waals surface area contributed by atoms with Crippen molar-refractivity contribution in [3.05, 3.63) is 56.4 Å². The molecule has 2 heterocycles. The van der Waals surface area contributed by atoms with Crippen LogP contribution in [-0.4, -0.2) is 37.8 Å². The van der Waals surface area contributed by atoms with Gasteiger partial charge in [0.1, 0.15) is 5.69 Å². The van der Waals surface area contributed by atoms with Gasteiger partial charge in [-0.15, -0.1) is 0 Å². The number of amides is 1. The fourth-order valence-electron chi connectivity index (χ4n) is 2.44. The van der Waals surface area contributed by atoms with Crippen molar-refractivity contribution < 1.29 is 4.79 Å². The number of aryl methyl sites for hydroxylation is 1. The van der Waals surface area contributed by atoms with Crippen LogP contribution in [0.25, 0.3) is 11.3 Å². The van der Waals surface area contributed by atoms with Crippen molar-refractivity contribution >= 4 is 45.0 Å². The van der Waals surface area contributed by atoms with Crippen LogP contribution in [0.4, 0.5) is 0 Å². The van der Waals surface area contributed by atoms with Gasteiger partial charge in [-0.2, -0.15) is 10.2 Å². The number of halogens is 3. The Morgan fingerprint density at radius 3 is 2.73 bits per heavy atom. The SMILES string of the molecule is CCn1cc(Br)c(CN(C)C(=O)c2cc(-c3ccc(Cl)c(Cl)c3)n[nH]2)n1. The minimum atomic E-state index is -0.179. The molecule has 26 heavy (non-hydrogen) atoms. The van der Waals surface area contributed by atoms with Crippen molar-refractivity contribution in [3.63, 3.8) is 0 Å². The molecule has 0 spiro atoms. The number of aromatic nitrogens is 4. The highest BCUT2D eigenvalue weighted by Gasteiger charge is 2.18. The Kier molecular flexibility index (Phi) is 5.70. The molecule has 0 aliphatic carbocycles. The van der Waals surface area contributed by atoms with E-state index < -0.39 is 0 Å². The number of benzene rings is 1. The van der Waals surface area contributed by atoms with Crippen LogP contribution in [0.3, 0.4) is 0 Å². The summed E-state index contributed by atoms with van der Waals surface area (Å²) in [5, 5.41) is 12.3. The fraction of sp³-hybridized carbons (Fsp3) is 0.235. The zero-order valence-electron chi connectivity index (χ0n) is 14.1. The minimum absolute atomic E-state index is 0.179. The van der Waals surface area contributed by atoms with Gasteiger partial charge >= 0.3 is 0 Å². The fourth-order valence-corrected chi connectivity index (χ4v) is 3.18. The second-order valence-electron chi connectivity index (χ2n) is 5.74. The Labute approximate surface area is 169 Å². The van der Waals surface area contributed by atoms with Crippen LogP contribution in [0.1, 0.15) is 23.1 Å². The van der Waals surface area contributed by atoms with Crippen molar-refractivity contribution in [1.82, 2.24) is 24.9 Å². The Bertz CT molecular complexity index is 953. The second kappa shape index (κ2) is 7.82. The van der Waals surface area contributed by atoms with Gasteiger partial charge in [-0.25, -0.2) is 0 Å². The molecule has 136 valence electrons. The molecule has 0 fully saturated rings. The summed E-state index contributed by atoms with van der Waals surface area (Å²) in [7, 11) is 1.72. The third-order valence-electron chi connectivity index (χ3n) is 3.87. The van der Waals surface area contributed by atoms with Crippen LogP contribution in [-0.2, 0) is 13.1 Å². The molecule has 0 aliphatic rings. The van der Waals surface area contributed by atoms with Gasteiger partial charge in [-0.3, -0.25) is 14.6 Å². The first kappa shape index (κ1) is 18.9. The molecule has 3 rings (SSSR count). The average molecular weight is 457 g/mol. The van der Waals surface area contributed by atoms with Gasteiger partial charge in [0.2, 0.25) is 0 Å². The Hall–Kier alpha value is -1.83. The van der Waals surface area contributed by atoms with Crippen LogP contribution < -0.4 is 0 Å². The summed E-state index contributed by atoms with van der Waals surface area (Å²) in [6.45, 7) is 3.16. The van der Waals surface area contributed by atoms with Crippen LogP contribution in [0.2, 0.25) is 10.0 Å². The average Bonchev–Trinajstić information content (AvgIpc) is 3.24. The normalized spacial score (nSPS) is 11.0. The zero-order valence-corrected chi connectivity index (χ0v) is 17.2. The maximum atomic E-state index is 12.7. The monoisotopic (exact) mass is 455 g/mol. The molecule has 0 unspecified atom stereocenters. The summed E-state index contributed by atoms with van der Waals surface area (Å²) in [6.07, 6.45) is 1.90. The van der Waals surface area contributed by atoms with Gasteiger partial charge in [0.15, 0.2) is 0 Å². The molecule has 6 nitrogen and oxygen atoms in total. The predicted molar refractivity (Wildman–Crippen MR) is 105 cm³/mol. The Morgan fingerprint density at radius 1 is 1.31 bits per heavy atom. The second-order valence-corrected chi connectivity index (χ2v) is 7.41. The predicted octanol–water partition coefficient (Wildman–Crippen LogP) is 4.63. The molecule has 2 aromatic heterocycles. The Morgan fingerprint density at radius 2 is 2.08 bits per heavy atom. The summed E-state index contributed by atoms with van der Waals surface area (Å²) in [5.74, 6) is -0.179.